The third kappa shape index (κ3) is 3.07. The van der Waals surface area contributed by atoms with E-state index in [1.165, 1.54) is 17.0 Å². The van der Waals surface area contributed by atoms with Gasteiger partial charge in [0.2, 0.25) is 0 Å². The van der Waals surface area contributed by atoms with Crippen LogP contribution >= 0.6 is 0 Å². The van der Waals surface area contributed by atoms with E-state index in [0.717, 1.165) is 11.6 Å². The number of carbonyl (C=O) groups is 1. The minimum absolute atomic E-state index is 0.247. The van der Waals surface area contributed by atoms with Crippen molar-refractivity contribution >= 4 is 5.91 Å². The maximum absolute atomic E-state index is 12.9. The minimum Gasteiger partial charge on any atom is -0.485 e. The molecule has 2 aliphatic rings. The van der Waals surface area contributed by atoms with E-state index in [1.807, 2.05) is 12.1 Å². The van der Waals surface area contributed by atoms with Crippen LogP contribution in [0.3, 0.4) is 0 Å². The Morgan fingerprint density at radius 1 is 1.21 bits per heavy atom. The molecule has 0 aliphatic carbocycles. The van der Waals surface area contributed by atoms with Crippen molar-refractivity contribution in [3.05, 3.63) is 59.2 Å². The van der Waals surface area contributed by atoms with Crippen molar-refractivity contribution in [2.75, 3.05) is 0 Å². The molecule has 5 nitrogen and oxygen atoms in total. The summed E-state index contributed by atoms with van der Waals surface area (Å²) in [4.78, 5) is 14.4. The van der Waals surface area contributed by atoms with Crippen LogP contribution < -0.4 is 9.47 Å². The summed E-state index contributed by atoms with van der Waals surface area (Å²) in [6.07, 6.45) is -6.00. The summed E-state index contributed by atoms with van der Waals surface area (Å²) in [6, 6.07) is 9.87. The number of fused-ring (bicyclic) bond motifs is 2. The van der Waals surface area contributed by atoms with Gasteiger partial charge in [0.1, 0.15) is 23.2 Å². The zero-order chi connectivity index (χ0) is 20.3. The molecule has 2 aromatic carbocycles. The van der Waals surface area contributed by atoms with Gasteiger partial charge < -0.3 is 19.5 Å². The molecule has 0 aromatic heterocycles. The van der Waals surface area contributed by atoms with Crippen molar-refractivity contribution in [1.29, 1.82) is 0 Å². The van der Waals surface area contributed by atoms with Crippen LogP contribution in [0.4, 0.5) is 13.2 Å². The van der Waals surface area contributed by atoms with Gasteiger partial charge in [-0.1, -0.05) is 18.2 Å². The smallest absolute Gasteiger partial charge is 0.485 e. The fourth-order valence-electron chi connectivity index (χ4n) is 3.78. The molecule has 2 aromatic rings. The topological polar surface area (TPSA) is 59.0 Å². The maximum Gasteiger partial charge on any atom is 0.573 e. The first-order chi connectivity index (χ1) is 13.1. The molecule has 1 N–H and O–H groups in total. The lowest BCUT2D eigenvalue weighted by Crippen LogP contribution is -2.53. The van der Waals surface area contributed by atoms with Crippen LogP contribution in [0.5, 0.6) is 11.5 Å². The number of aliphatic hydroxyl groups is 1. The Kier molecular flexibility index (Phi) is 4.08. The molecule has 1 unspecified atom stereocenters. The number of alkyl halides is 3. The number of hydrogen-bond acceptors (Lipinski definition) is 4. The zero-order valence-electron chi connectivity index (χ0n) is 15.2. The highest BCUT2D eigenvalue weighted by Crippen LogP contribution is 2.46. The molecular weight excluding hydrogens is 375 g/mol. The molecule has 1 amide bonds. The highest BCUT2D eigenvalue weighted by molar-refractivity contribution is 5.98. The number of rotatable bonds is 2. The predicted molar refractivity (Wildman–Crippen MR) is 92.9 cm³/mol. The van der Waals surface area contributed by atoms with Gasteiger partial charge in [-0.3, -0.25) is 4.79 Å². The summed E-state index contributed by atoms with van der Waals surface area (Å²) >= 11 is 0. The summed E-state index contributed by atoms with van der Waals surface area (Å²) in [6.45, 7) is 3.58. The van der Waals surface area contributed by atoms with Crippen LogP contribution in [0, 0.1) is 0 Å². The first kappa shape index (κ1) is 18.6. The monoisotopic (exact) mass is 393 g/mol. The lowest BCUT2D eigenvalue weighted by molar-refractivity contribution is -0.274. The van der Waals surface area contributed by atoms with Crippen LogP contribution in [0.2, 0.25) is 0 Å². The van der Waals surface area contributed by atoms with Gasteiger partial charge in [-0.2, -0.15) is 0 Å². The van der Waals surface area contributed by atoms with E-state index >= 15 is 0 Å². The summed E-state index contributed by atoms with van der Waals surface area (Å²) in [7, 11) is 0. The third-order valence-corrected chi connectivity index (χ3v) is 5.10. The Morgan fingerprint density at radius 2 is 1.93 bits per heavy atom. The molecule has 2 atom stereocenters. The first-order valence-corrected chi connectivity index (χ1v) is 8.72. The molecule has 28 heavy (non-hydrogen) atoms. The highest BCUT2D eigenvalue weighted by atomic mass is 19.4. The zero-order valence-corrected chi connectivity index (χ0v) is 15.2. The normalized spacial score (nSPS) is 23.1. The average molecular weight is 393 g/mol. The Balaban J connectivity index is 1.79. The number of ether oxygens (including phenoxy) is 2. The molecule has 0 saturated heterocycles. The van der Waals surface area contributed by atoms with Crippen molar-refractivity contribution in [3.63, 3.8) is 0 Å². The first-order valence-electron chi connectivity index (χ1n) is 8.72. The standard InChI is InChI=1S/C20H18F3NO4/c1-19(2)17(25)16(24-10-11-5-3-4-6-13(11)18(24)26)14-9-12(27-20(21,22)23)7-8-15(14)28-19/h3-9,16-17,25H,10H2,1-2H3/t16-,17?/m0/s1. The van der Waals surface area contributed by atoms with Crippen molar-refractivity contribution in [2.45, 2.75) is 44.5 Å². The van der Waals surface area contributed by atoms with Gasteiger partial charge in [-0.15, -0.1) is 13.2 Å². The number of aliphatic hydroxyl groups excluding tert-OH is 1. The van der Waals surface area contributed by atoms with Gasteiger partial charge in [-0.05, 0) is 43.7 Å². The number of hydrogen-bond donors (Lipinski definition) is 1. The van der Waals surface area contributed by atoms with E-state index in [9.17, 15) is 23.1 Å². The summed E-state index contributed by atoms with van der Waals surface area (Å²) in [5.41, 5.74) is 0.547. The van der Waals surface area contributed by atoms with E-state index in [0.29, 0.717) is 11.3 Å². The molecular formula is C20H18F3NO4. The van der Waals surface area contributed by atoms with E-state index in [4.69, 9.17) is 4.74 Å². The SMILES string of the molecule is CC1(C)Oc2ccc(OC(F)(F)F)cc2[C@H](N2Cc3ccccc3C2=O)C1O. The van der Waals surface area contributed by atoms with Gasteiger partial charge in [0.15, 0.2) is 0 Å². The molecule has 8 heteroatoms. The van der Waals surface area contributed by atoms with Gasteiger partial charge in [0.05, 0.1) is 6.04 Å². The molecule has 0 bridgehead atoms. The Morgan fingerprint density at radius 3 is 2.61 bits per heavy atom. The van der Waals surface area contributed by atoms with Gasteiger partial charge in [0, 0.05) is 17.7 Å². The average Bonchev–Trinajstić information content (AvgIpc) is 2.92. The number of nitrogens with zero attached hydrogens (tertiary/aromatic N) is 1. The van der Waals surface area contributed by atoms with Crippen molar-refractivity contribution in [3.8, 4) is 11.5 Å². The molecule has 2 aliphatic heterocycles. The molecule has 0 fully saturated rings. The maximum atomic E-state index is 12.9. The van der Waals surface area contributed by atoms with Crippen LogP contribution in [0.15, 0.2) is 42.5 Å². The van der Waals surface area contributed by atoms with Gasteiger partial charge in [0.25, 0.3) is 5.91 Å². The fourth-order valence-corrected chi connectivity index (χ4v) is 3.78. The molecule has 0 spiro atoms. The largest absolute Gasteiger partial charge is 0.573 e. The number of amides is 1. The van der Waals surface area contributed by atoms with Gasteiger partial charge >= 0.3 is 6.36 Å². The molecule has 148 valence electrons. The minimum atomic E-state index is -4.85. The number of carbonyl (C=O) groups excluding carboxylic acids is 1. The third-order valence-electron chi connectivity index (χ3n) is 5.10. The second-order valence-corrected chi connectivity index (χ2v) is 7.43. The van der Waals surface area contributed by atoms with E-state index < -0.39 is 29.9 Å². The van der Waals surface area contributed by atoms with Crippen molar-refractivity contribution in [1.82, 2.24) is 4.90 Å². The van der Waals surface area contributed by atoms with Crippen molar-refractivity contribution < 1.29 is 32.5 Å². The quantitative estimate of drug-likeness (QED) is 0.843. The molecule has 0 saturated carbocycles. The van der Waals surface area contributed by atoms with Crippen LogP contribution in [-0.2, 0) is 6.54 Å². The Hall–Kier alpha value is -2.74. The van der Waals surface area contributed by atoms with Crippen LogP contribution in [0.25, 0.3) is 0 Å². The lowest BCUT2D eigenvalue weighted by atomic mass is 9.85. The second-order valence-electron chi connectivity index (χ2n) is 7.43. The number of halogens is 3. The van der Waals surface area contributed by atoms with E-state index in [1.54, 1.807) is 26.0 Å². The lowest BCUT2D eigenvalue weighted by Gasteiger charge is -2.45. The molecule has 4 rings (SSSR count). The highest BCUT2D eigenvalue weighted by Gasteiger charge is 2.48. The Labute approximate surface area is 159 Å². The summed E-state index contributed by atoms with van der Waals surface area (Å²) in [5.74, 6) is -0.417. The number of benzene rings is 2. The van der Waals surface area contributed by atoms with E-state index in [-0.39, 0.29) is 18.0 Å². The van der Waals surface area contributed by atoms with Crippen molar-refractivity contribution in [2.24, 2.45) is 0 Å². The predicted octanol–water partition coefficient (Wildman–Crippen LogP) is 3.81. The van der Waals surface area contributed by atoms with Crippen LogP contribution in [0.1, 0.15) is 41.4 Å². The molecule has 2 heterocycles. The van der Waals surface area contributed by atoms with E-state index in [2.05, 4.69) is 4.74 Å². The summed E-state index contributed by atoms with van der Waals surface area (Å²) in [5, 5.41) is 10.9. The Bertz CT molecular complexity index is 941. The molecule has 0 radical (unpaired) electrons. The fraction of sp³-hybridized carbons (Fsp3) is 0.350. The summed E-state index contributed by atoms with van der Waals surface area (Å²) < 4.78 is 47.7. The van der Waals surface area contributed by atoms with Gasteiger partial charge in [-0.25, -0.2) is 0 Å². The second kappa shape index (κ2) is 6.13. The van der Waals surface area contributed by atoms with Crippen LogP contribution in [-0.4, -0.2) is 34.0 Å².